The zero-order valence-corrected chi connectivity index (χ0v) is 12.8. The lowest BCUT2D eigenvalue weighted by molar-refractivity contribution is 0.107. The van der Waals surface area contributed by atoms with Crippen LogP contribution in [0.3, 0.4) is 0 Å². The Kier molecular flexibility index (Phi) is 4.01. The predicted molar refractivity (Wildman–Crippen MR) is 76.6 cm³/mol. The van der Waals surface area contributed by atoms with Gasteiger partial charge in [0.15, 0.2) is 0 Å². The molecule has 0 unspecified atom stereocenters. The van der Waals surface area contributed by atoms with Gasteiger partial charge in [0.05, 0.1) is 12.1 Å². The number of nitrogens with zero attached hydrogens (tertiary/aromatic N) is 4. The van der Waals surface area contributed by atoms with E-state index in [2.05, 4.69) is 21.2 Å². The van der Waals surface area contributed by atoms with Gasteiger partial charge in [0.25, 0.3) is 0 Å². The van der Waals surface area contributed by atoms with E-state index in [1.54, 1.807) is 14.0 Å². The maximum Gasteiger partial charge on any atom is 0.233 e. The standard InChI is InChI=1S/C14H16N4O2S/c1-9-16-17-14(20-9)13-5-10(19-2)7-18(13)8-12-4-3-11(6-15)21-12/h3-4,10,13H,5,7-8H2,1-2H3/t10-,13+/m0/s1. The van der Waals surface area contributed by atoms with Crippen LogP contribution < -0.4 is 0 Å². The summed E-state index contributed by atoms with van der Waals surface area (Å²) in [7, 11) is 1.73. The topological polar surface area (TPSA) is 75.2 Å². The molecule has 0 aliphatic carbocycles. The summed E-state index contributed by atoms with van der Waals surface area (Å²) in [5.74, 6) is 1.22. The third-order valence-electron chi connectivity index (χ3n) is 3.66. The number of rotatable bonds is 4. The third kappa shape index (κ3) is 2.97. The Hall–Kier alpha value is -1.75. The van der Waals surface area contributed by atoms with Gasteiger partial charge >= 0.3 is 0 Å². The van der Waals surface area contributed by atoms with E-state index in [-0.39, 0.29) is 12.1 Å². The van der Waals surface area contributed by atoms with Crippen LogP contribution in [-0.4, -0.2) is 34.9 Å². The van der Waals surface area contributed by atoms with Gasteiger partial charge in [-0.05, 0) is 18.6 Å². The number of likely N-dealkylation sites (tertiary alicyclic amines) is 1. The molecule has 2 aromatic heterocycles. The lowest BCUT2D eigenvalue weighted by Gasteiger charge is -2.20. The minimum absolute atomic E-state index is 0.0729. The van der Waals surface area contributed by atoms with Gasteiger partial charge in [-0.25, -0.2) is 0 Å². The number of aryl methyl sites for hydroxylation is 1. The first-order valence-electron chi connectivity index (χ1n) is 6.75. The van der Waals surface area contributed by atoms with Crippen LogP contribution in [-0.2, 0) is 11.3 Å². The Morgan fingerprint density at radius 3 is 3.00 bits per heavy atom. The Morgan fingerprint density at radius 2 is 2.38 bits per heavy atom. The van der Waals surface area contributed by atoms with Crippen molar-refractivity contribution in [2.75, 3.05) is 13.7 Å². The molecule has 1 fully saturated rings. The van der Waals surface area contributed by atoms with Crippen molar-refractivity contribution in [3.63, 3.8) is 0 Å². The van der Waals surface area contributed by atoms with Crippen molar-refractivity contribution >= 4 is 11.3 Å². The fraction of sp³-hybridized carbons (Fsp3) is 0.500. The fourth-order valence-electron chi connectivity index (χ4n) is 2.63. The molecular weight excluding hydrogens is 288 g/mol. The van der Waals surface area contributed by atoms with Crippen LogP contribution in [0.15, 0.2) is 16.5 Å². The molecule has 0 spiro atoms. The lowest BCUT2D eigenvalue weighted by Crippen LogP contribution is -2.24. The number of hydrogen-bond acceptors (Lipinski definition) is 7. The van der Waals surface area contributed by atoms with E-state index in [0.717, 1.165) is 29.3 Å². The number of ether oxygens (including phenoxy) is 1. The summed E-state index contributed by atoms with van der Waals surface area (Å²) in [5, 5.41) is 17.0. The Labute approximate surface area is 127 Å². The summed E-state index contributed by atoms with van der Waals surface area (Å²) in [6, 6.07) is 6.10. The van der Waals surface area contributed by atoms with E-state index in [9.17, 15) is 0 Å². The second kappa shape index (κ2) is 5.93. The van der Waals surface area contributed by atoms with Gasteiger partial charge < -0.3 is 9.15 Å². The lowest BCUT2D eigenvalue weighted by atomic mass is 10.2. The average molecular weight is 304 g/mol. The molecule has 1 aliphatic heterocycles. The molecule has 1 saturated heterocycles. The number of aromatic nitrogens is 2. The highest BCUT2D eigenvalue weighted by Gasteiger charge is 2.36. The molecule has 0 aromatic carbocycles. The summed E-state index contributed by atoms with van der Waals surface area (Å²) >= 11 is 1.52. The third-order valence-corrected chi connectivity index (χ3v) is 4.63. The molecule has 2 atom stereocenters. The van der Waals surface area contributed by atoms with Gasteiger partial charge in [-0.3, -0.25) is 4.90 Å². The molecule has 0 N–H and O–H groups in total. The number of methoxy groups -OCH3 is 1. The molecule has 7 heteroatoms. The van der Waals surface area contributed by atoms with Crippen LogP contribution >= 0.6 is 11.3 Å². The SMILES string of the molecule is CO[C@H]1C[C@H](c2nnc(C)o2)N(Cc2ccc(C#N)s2)C1. The molecule has 0 bridgehead atoms. The number of nitriles is 1. The first-order valence-corrected chi connectivity index (χ1v) is 7.57. The predicted octanol–water partition coefficient (Wildman–Crippen LogP) is 2.27. The summed E-state index contributed by atoms with van der Waals surface area (Å²) in [6.07, 6.45) is 1.01. The summed E-state index contributed by atoms with van der Waals surface area (Å²) in [4.78, 5) is 4.16. The highest BCUT2D eigenvalue weighted by atomic mass is 32.1. The van der Waals surface area contributed by atoms with Crippen molar-refractivity contribution in [2.24, 2.45) is 0 Å². The van der Waals surface area contributed by atoms with E-state index >= 15 is 0 Å². The second-order valence-corrected chi connectivity index (χ2v) is 6.24. The number of hydrogen-bond donors (Lipinski definition) is 0. The van der Waals surface area contributed by atoms with Crippen molar-refractivity contribution in [2.45, 2.75) is 32.0 Å². The quantitative estimate of drug-likeness (QED) is 0.862. The van der Waals surface area contributed by atoms with Crippen LogP contribution in [0.25, 0.3) is 0 Å². The molecular formula is C14H16N4O2S. The van der Waals surface area contributed by atoms with Crippen LogP contribution in [0, 0.1) is 18.3 Å². The zero-order valence-electron chi connectivity index (χ0n) is 11.9. The zero-order chi connectivity index (χ0) is 14.8. The molecule has 110 valence electrons. The summed E-state index contributed by atoms with van der Waals surface area (Å²) < 4.78 is 11.1. The van der Waals surface area contributed by atoms with Crippen molar-refractivity contribution in [1.82, 2.24) is 15.1 Å². The first kappa shape index (κ1) is 14.2. The number of thiophene rings is 1. The summed E-state index contributed by atoms with van der Waals surface area (Å²) in [6.45, 7) is 3.38. The molecule has 0 saturated carbocycles. The molecule has 0 amide bonds. The molecule has 1 aliphatic rings. The smallest absolute Gasteiger partial charge is 0.233 e. The van der Waals surface area contributed by atoms with Gasteiger partial charge in [-0.15, -0.1) is 21.5 Å². The van der Waals surface area contributed by atoms with Crippen molar-refractivity contribution < 1.29 is 9.15 Å². The molecule has 3 heterocycles. The Bertz CT molecular complexity index is 660. The highest BCUT2D eigenvalue weighted by Crippen LogP contribution is 2.34. The maximum atomic E-state index is 8.92. The second-order valence-electron chi connectivity index (χ2n) is 5.08. The van der Waals surface area contributed by atoms with E-state index in [0.29, 0.717) is 11.8 Å². The molecule has 2 aromatic rings. The van der Waals surface area contributed by atoms with Crippen LogP contribution in [0.1, 0.15) is 34.0 Å². The maximum absolute atomic E-state index is 8.92. The average Bonchev–Trinajstić information content (AvgIpc) is 3.18. The van der Waals surface area contributed by atoms with Crippen LogP contribution in [0.2, 0.25) is 0 Å². The van der Waals surface area contributed by atoms with Crippen molar-refractivity contribution in [1.29, 1.82) is 5.26 Å². The van der Waals surface area contributed by atoms with Gasteiger partial charge in [-0.2, -0.15) is 5.26 Å². The molecule has 6 nitrogen and oxygen atoms in total. The van der Waals surface area contributed by atoms with E-state index < -0.39 is 0 Å². The largest absolute Gasteiger partial charge is 0.424 e. The van der Waals surface area contributed by atoms with E-state index in [1.165, 1.54) is 11.3 Å². The van der Waals surface area contributed by atoms with Gasteiger partial charge in [-0.1, -0.05) is 0 Å². The first-order chi connectivity index (χ1) is 10.2. The Morgan fingerprint density at radius 1 is 1.52 bits per heavy atom. The van der Waals surface area contributed by atoms with Crippen LogP contribution in [0.4, 0.5) is 0 Å². The normalized spacial score (nSPS) is 22.5. The summed E-state index contributed by atoms with van der Waals surface area (Å²) in [5.41, 5.74) is 0. The highest BCUT2D eigenvalue weighted by molar-refractivity contribution is 7.12. The van der Waals surface area contributed by atoms with Crippen molar-refractivity contribution in [3.8, 4) is 6.07 Å². The van der Waals surface area contributed by atoms with Gasteiger partial charge in [0.1, 0.15) is 10.9 Å². The molecule has 0 radical (unpaired) electrons. The fourth-order valence-corrected chi connectivity index (χ4v) is 3.46. The van der Waals surface area contributed by atoms with Gasteiger partial charge in [0, 0.05) is 32.0 Å². The Balaban J connectivity index is 1.79. The minimum Gasteiger partial charge on any atom is -0.424 e. The monoisotopic (exact) mass is 304 g/mol. The van der Waals surface area contributed by atoms with Crippen molar-refractivity contribution in [3.05, 3.63) is 33.7 Å². The minimum atomic E-state index is 0.0729. The molecule has 3 rings (SSSR count). The molecule has 21 heavy (non-hydrogen) atoms. The van der Waals surface area contributed by atoms with Crippen LogP contribution in [0.5, 0.6) is 0 Å². The van der Waals surface area contributed by atoms with E-state index in [4.69, 9.17) is 14.4 Å². The van der Waals surface area contributed by atoms with Gasteiger partial charge in [0.2, 0.25) is 11.8 Å². The van der Waals surface area contributed by atoms with E-state index in [1.807, 2.05) is 12.1 Å².